The zero-order chi connectivity index (χ0) is 13.0. The minimum Gasteiger partial charge on any atom is -0.313 e. The van der Waals surface area contributed by atoms with Crippen LogP contribution in [0, 0.1) is 5.82 Å². The van der Waals surface area contributed by atoms with Crippen molar-refractivity contribution < 1.29 is 4.39 Å². The molecule has 0 aliphatic heterocycles. The number of rotatable bonds is 5. The molecule has 0 atom stereocenters. The van der Waals surface area contributed by atoms with Gasteiger partial charge < -0.3 is 5.32 Å². The highest BCUT2D eigenvalue weighted by Gasteiger charge is 2.10. The number of nitrogens with zero attached hydrogens (tertiary/aromatic N) is 2. The van der Waals surface area contributed by atoms with Crippen LogP contribution in [0.2, 0.25) is 0 Å². The molecule has 2 rings (SSSR count). The Kier molecular flexibility index (Phi) is 4.38. The molecule has 0 unspecified atom stereocenters. The molecule has 5 heteroatoms. The summed E-state index contributed by atoms with van der Waals surface area (Å²) >= 11 is 1.41. The van der Waals surface area contributed by atoms with Gasteiger partial charge in [0.05, 0.1) is 16.0 Å². The zero-order valence-corrected chi connectivity index (χ0v) is 11.3. The number of aromatic nitrogens is 2. The highest BCUT2D eigenvalue weighted by molar-refractivity contribution is 7.99. The van der Waals surface area contributed by atoms with E-state index in [0.717, 1.165) is 17.0 Å². The Morgan fingerprint density at radius 1 is 1.44 bits per heavy atom. The molecule has 0 aliphatic carbocycles. The fourth-order valence-corrected chi connectivity index (χ4v) is 2.61. The Balaban J connectivity index is 2.24. The Morgan fingerprint density at radius 2 is 2.28 bits per heavy atom. The third kappa shape index (κ3) is 3.11. The van der Waals surface area contributed by atoms with E-state index in [1.54, 1.807) is 16.9 Å². The zero-order valence-electron chi connectivity index (χ0n) is 10.5. The van der Waals surface area contributed by atoms with E-state index in [1.165, 1.54) is 17.8 Å². The van der Waals surface area contributed by atoms with Gasteiger partial charge in [0.25, 0.3) is 0 Å². The standard InChI is InChI=1S/C13H16FN3S/c1-3-15-7-10-5-4-6-12(14)13(10)18-11-8-16-17(2)9-11/h4-6,8-9,15H,3,7H2,1-2H3. The summed E-state index contributed by atoms with van der Waals surface area (Å²) in [5, 5.41) is 7.31. The van der Waals surface area contributed by atoms with Crippen molar-refractivity contribution in [3.63, 3.8) is 0 Å². The van der Waals surface area contributed by atoms with Gasteiger partial charge in [-0.1, -0.05) is 30.8 Å². The van der Waals surface area contributed by atoms with Gasteiger partial charge in [0.1, 0.15) is 5.82 Å². The van der Waals surface area contributed by atoms with Crippen LogP contribution in [0.25, 0.3) is 0 Å². The van der Waals surface area contributed by atoms with Crippen LogP contribution < -0.4 is 5.32 Å². The number of aryl methyl sites for hydroxylation is 1. The highest BCUT2D eigenvalue weighted by atomic mass is 32.2. The molecule has 3 nitrogen and oxygen atoms in total. The summed E-state index contributed by atoms with van der Waals surface area (Å²) in [6.45, 7) is 3.58. The molecule has 0 bridgehead atoms. The van der Waals surface area contributed by atoms with Crippen LogP contribution in [-0.2, 0) is 13.6 Å². The first-order valence-electron chi connectivity index (χ1n) is 5.85. The predicted molar refractivity (Wildman–Crippen MR) is 71.1 cm³/mol. The maximum absolute atomic E-state index is 13.9. The Labute approximate surface area is 110 Å². The van der Waals surface area contributed by atoms with Crippen molar-refractivity contribution in [3.05, 3.63) is 42.0 Å². The van der Waals surface area contributed by atoms with E-state index in [0.29, 0.717) is 11.4 Å². The van der Waals surface area contributed by atoms with Gasteiger partial charge in [-0.05, 0) is 18.2 Å². The van der Waals surface area contributed by atoms with Crippen molar-refractivity contribution in [2.24, 2.45) is 7.05 Å². The lowest BCUT2D eigenvalue weighted by molar-refractivity contribution is 0.591. The molecular weight excluding hydrogens is 249 g/mol. The van der Waals surface area contributed by atoms with Gasteiger partial charge in [-0.25, -0.2) is 4.39 Å². The smallest absolute Gasteiger partial charge is 0.137 e. The third-order valence-electron chi connectivity index (χ3n) is 2.52. The Hall–Kier alpha value is -1.33. The first-order valence-corrected chi connectivity index (χ1v) is 6.67. The van der Waals surface area contributed by atoms with Crippen molar-refractivity contribution in [2.75, 3.05) is 6.54 Å². The summed E-state index contributed by atoms with van der Waals surface area (Å²) in [6.07, 6.45) is 3.63. The lowest BCUT2D eigenvalue weighted by Crippen LogP contribution is -2.12. The van der Waals surface area contributed by atoms with Crippen molar-refractivity contribution in [2.45, 2.75) is 23.3 Å². The average Bonchev–Trinajstić information content (AvgIpc) is 2.76. The molecule has 0 saturated heterocycles. The van der Waals surface area contributed by atoms with Crippen LogP contribution in [0.1, 0.15) is 12.5 Å². The molecular formula is C13H16FN3S. The third-order valence-corrected chi connectivity index (χ3v) is 3.62. The van der Waals surface area contributed by atoms with Gasteiger partial charge in [-0.3, -0.25) is 4.68 Å². The minimum absolute atomic E-state index is 0.181. The molecule has 0 aliphatic rings. The van der Waals surface area contributed by atoms with Gasteiger partial charge in [-0.2, -0.15) is 5.10 Å². The molecule has 0 fully saturated rings. The topological polar surface area (TPSA) is 29.9 Å². The van der Waals surface area contributed by atoms with Gasteiger partial charge in [-0.15, -0.1) is 0 Å². The molecule has 96 valence electrons. The van der Waals surface area contributed by atoms with Crippen molar-refractivity contribution in [3.8, 4) is 0 Å². The molecule has 2 aromatic rings. The number of nitrogens with one attached hydrogen (secondary N) is 1. The first-order chi connectivity index (χ1) is 8.70. The summed E-state index contributed by atoms with van der Waals surface area (Å²) < 4.78 is 15.6. The summed E-state index contributed by atoms with van der Waals surface area (Å²) in [4.78, 5) is 1.62. The Morgan fingerprint density at radius 3 is 2.94 bits per heavy atom. The van der Waals surface area contributed by atoms with Gasteiger partial charge in [0.15, 0.2) is 0 Å². The minimum atomic E-state index is -0.181. The highest BCUT2D eigenvalue weighted by Crippen LogP contribution is 2.32. The van der Waals surface area contributed by atoms with E-state index in [1.807, 2.05) is 26.2 Å². The van der Waals surface area contributed by atoms with Gasteiger partial charge in [0, 0.05) is 19.8 Å². The summed E-state index contributed by atoms with van der Waals surface area (Å²) in [7, 11) is 1.85. The van der Waals surface area contributed by atoms with Crippen LogP contribution in [0.4, 0.5) is 4.39 Å². The van der Waals surface area contributed by atoms with Gasteiger partial charge >= 0.3 is 0 Å². The summed E-state index contributed by atoms with van der Waals surface area (Å²) in [6, 6.07) is 5.19. The molecule has 0 radical (unpaired) electrons. The first kappa shape index (κ1) is 13.1. The average molecular weight is 265 g/mol. The van der Waals surface area contributed by atoms with E-state index in [4.69, 9.17) is 0 Å². The van der Waals surface area contributed by atoms with Crippen molar-refractivity contribution in [1.82, 2.24) is 15.1 Å². The fraction of sp³-hybridized carbons (Fsp3) is 0.308. The van der Waals surface area contributed by atoms with Crippen LogP contribution >= 0.6 is 11.8 Å². The maximum atomic E-state index is 13.9. The van der Waals surface area contributed by atoms with Gasteiger partial charge in [0.2, 0.25) is 0 Å². The van der Waals surface area contributed by atoms with Crippen molar-refractivity contribution in [1.29, 1.82) is 0 Å². The van der Waals surface area contributed by atoms with Crippen LogP contribution in [0.15, 0.2) is 40.4 Å². The van der Waals surface area contributed by atoms with E-state index in [9.17, 15) is 4.39 Å². The van der Waals surface area contributed by atoms with E-state index in [-0.39, 0.29) is 5.82 Å². The van der Waals surface area contributed by atoms with E-state index in [2.05, 4.69) is 10.4 Å². The van der Waals surface area contributed by atoms with Crippen LogP contribution in [0.5, 0.6) is 0 Å². The second kappa shape index (κ2) is 6.02. The molecule has 1 aromatic carbocycles. The molecule has 1 N–H and O–H groups in total. The molecule has 0 amide bonds. The lowest BCUT2D eigenvalue weighted by Gasteiger charge is -2.09. The van der Waals surface area contributed by atoms with Crippen LogP contribution in [0.3, 0.4) is 0 Å². The monoisotopic (exact) mass is 265 g/mol. The maximum Gasteiger partial charge on any atom is 0.137 e. The van der Waals surface area contributed by atoms with E-state index < -0.39 is 0 Å². The number of hydrogen-bond acceptors (Lipinski definition) is 3. The number of hydrogen-bond donors (Lipinski definition) is 1. The second-order valence-electron chi connectivity index (χ2n) is 3.96. The molecule has 18 heavy (non-hydrogen) atoms. The molecule has 0 spiro atoms. The summed E-state index contributed by atoms with van der Waals surface area (Å²) in [5.74, 6) is -0.181. The molecule has 1 aromatic heterocycles. The largest absolute Gasteiger partial charge is 0.313 e. The quantitative estimate of drug-likeness (QED) is 0.901. The van der Waals surface area contributed by atoms with Crippen LogP contribution in [-0.4, -0.2) is 16.3 Å². The predicted octanol–water partition coefficient (Wildman–Crippen LogP) is 2.82. The summed E-state index contributed by atoms with van der Waals surface area (Å²) in [5.41, 5.74) is 0.978. The molecule has 1 heterocycles. The Bertz CT molecular complexity index is 525. The lowest BCUT2D eigenvalue weighted by atomic mass is 10.2. The van der Waals surface area contributed by atoms with E-state index >= 15 is 0 Å². The normalized spacial score (nSPS) is 10.8. The number of benzene rings is 1. The molecule has 0 saturated carbocycles. The fourth-order valence-electron chi connectivity index (χ4n) is 1.64. The number of halogens is 1. The second-order valence-corrected chi connectivity index (χ2v) is 5.04. The van der Waals surface area contributed by atoms with Crippen molar-refractivity contribution >= 4 is 11.8 Å². The SMILES string of the molecule is CCNCc1cccc(F)c1Sc1cnn(C)c1.